The zero-order valence-corrected chi connectivity index (χ0v) is 9.86. The molecule has 0 spiro atoms. The molecule has 3 heteroatoms. The average Bonchev–Trinajstić information content (AvgIpc) is 2.69. The Morgan fingerprint density at radius 1 is 1.56 bits per heavy atom. The highest BCUT2D eigenvalue weighted by Crippen LogP contribution is 2.16. The molecule has 1 aliphatic carbocycles. The van der Waals surface area contributed by atoms with Crippen molar-refractivity contribution in [2.75, 3.05) is 0 Å². The van der Waals surface area contributed by atoms with Crippen LogP contribution in [0, 0.1) is 0 Å². The van der Waals surface area contributed by atoms with Crippen LogP contribution >= 0.6 is 0 Å². The average molecular weight is 222 g/mol. The second kappa shape index (κ2) is 6.26. The molecule has 3 nitrogen and oxygen atoms in total. The summed E-state index contributed by atoms with van der Waals surface area (Å²) in [6.45, 7) is 3.75. The van der Waals surface area contributed by atoms with Crippen LogP contribution in [0.2, 0.25) is 0 Å². The van der Waals surface area contributed by atoms with Gasteiger partial charge < -0.3 is 4.74 Å². The van der Waals surface area contributed by atoms with E-state index in [-0.39, 0.29) is 17.9 Å². The van der Waals surface area contributed by atoms with Crippen molar-refractivity contribution >= 4 is 11.8 Å². The Morgan fingerprint density at radius 2 is 2.31 bits per heavy atom. The molecule has 0 fully saturated rings. The van der Waals surface area contributed by atoms with E-state index in [0.29, 0.717) is 19.3 Å². The van der Waals surface area contributed by atoms with Crippen molar-refractivity contribution < 1.29 is 14.3 Å². The van der Waals surface area contributed by atoms with Crippen LogP contribution in [0.5, 0.6) is 0 Å². The summed E-state index contributed by atoms with van der Waals surface area (Å²) in [5.74, 6) is -0.0993. The number of esters is 1. The standard InChI is InChI=1S/C13H18O3/c1-3-11(16-13(15)4-2)9-8-10-6-5-7-12(10)14/h5,7-8,11H,3-4,6,9H2,1-2H3/b10-8+. The van der Waals surface area contributed by atoms with E-state index in [9.17, 15) is 9.59 Å². The normalized spacial score (nSPS) is 19.1. The maximum atomic E-state index is 11.3. The number of ether oxygens (including phenoxy) is 1. The molecular formula is C13H18O3. The maximum Gasteiger partial charge on any atom is 0.305 e. The molecular weight excluding hydrogens is 204 g/mol. The Labute approximate surface area is 96.2 Å². The Hall–Kier alpha value is -1.38. The van der Waals surface area contributed by atoms with Crippen LogP contribution in [0.4, 0.5) is 0 Å². The van der Waals surface area contributed by atoms with E-state index in [1.165, 1.54) is 0 Å². The number of ketones is 1. The van der Waals surface area contributed by atoms with Crippen molar-refractivity contribution in [3.8, 4) is 0 Å². The molecule has 0 saturated carbocycles. The summed E-state index contributed by atoms with van der Waals surface area (Å²) in [5.41, 5.74) is 0.811. The summed E-state index contributed by atoms with van der Waals surface area (Å²) < 4.78 is 5.23. The van der Waals surface area contributed by atoms with Crippen molar-refractivity contribution in [3.63, 3.8) is 0 Å². The minimum atomic E-state index is -0.180. The lowest BCUT2D eigenvalue weighted by atomic mass is 10.1. The van der Waals surface area contributed by atoms with Crippen LogP contribution in [-0.4, -0.2) is 17.9 Å². The van der Waals surface area contributed by atoms with E-state index in [1.54, 1.807) is 13.0 Å². The van der Waals surface area contributed by atoms with Crippen LogP contribution in [0.1, 0.15) is 39.5 Å². The Bertz CT molecular complexity index is 326. The molecule has 0 bridgehead atoms. The molecule has 0 amide bonds. The second-order valence-corrected chi connectivity index (χ2v) is 3.81. The Morgan fingerprint density at radius 3 is 2.81 bits per heavy atom. The highest BCUT2D eigenvalue weighted by atomic mass is 16.5. The quantitative estimate of drug-likeness (QED) is 0.530. The van der Waals surface area contributed by atoms with Crippen LogP contribution in [0.15, 0.2) is 23.8 Å². The van der Waals surface area contributed by atoms with Crippen LogP contribution in [0.3, 0.4) is 0 Å². The first-order valence-electron chi connectivity index (χ1n) is 5.76. The molecule has 0 radical (unpaired) electrons. The smallest absolute Gasteiger partial charge is 0.305 e. The van der Waals surface area contributed by atoms with Gasteiger partial charge in [0.25, 0.3) is 0 Å². The molecule has 0 aromatic heterocycles. The van der Waals surface area contributed by atoms with E-state index in [2.05, 4.69) is 0 Å². The minimum Gasteiger partial charge on any atom is -0.462 e. The zero-order valence-electron chi connectivity index (χ0n) is 9.86. The SMILES string of the molecule is CCC(=O)OC(CC)C/C=C1\CC=CC1=O. The van der Waals surface area contributed by atoms with E-state index < -0.39 is 0 Å². The fourth-order valence-corrected chi connectivity index (χ4v) is 1.53. The van der Waals surface area contributed by atoms with Gasteiger partial charge in [0.05, 0.1) is 0 Å². The first kappa shape index (κ1) is 12.7. The van der Waals surface area contributed by atoms with Gasteiger partial charge in [-0.3, -0.25) is 9.59 Å². The summed E-state index contributed by atoms with van der Waals surface area (Å²) in [6, 6.07) is 0. The molecule has 88 valence electrons. The topological polar surface area (TPSA) is 43.4 Å². The molecule has 1 aliphatic rings. The largest absolute Gasteiger partial charge is 0.462 e. The highest BCUT2D eigenvalue weighted by Gasteiger charge is 2.13. The maximum absolute atomic E-state index is 11.3. The van der Waals surface area contributed by atoms with Crippen molar-refractivity contribution in [2.24, 2.45) is 0 Å². The van der Waals surface area contributed by atoms with Gasteiger partial charge in [0, 0.05) is 12.8 Å². The summed E-state index contributed by atoms with van der Waals surface area (Å²) in [4.78, 5) is 22.4. The number of hydrogen-bond donors (Lipinski definition) is 0. The van der Waals surface area contributed by atoms with Crippen LogP contribution in [-0.2, 0) is 14.3 Å². The number of rotatable bonds is 5. The molecule has 0 heterocycles. The van der Waals surface area contributed by atoms with Crippen molar-refractivity contribution in [3.05, 3.63) is 23.8 Å². The number of hydrogen-bond acceptors (Lipinski definition) is 3. The monoisotopic (exact) mass is 222 g/mol. The van der Waals surface area contributed by atoms with Gasteiger partial charge in [-0.05, 0) is 24.5 Å². The molecule has 0 aromatic rings. The van der Waals surface area contributed by atoms with Crippen molar-refractivity contribution in [1.82, 2.24) is 0 Å². The zero-order chi connectivity index (χ0) is 12.0. The van der Waals surface area contributed by atoms with Gasteiger partial charge >= 0.3 is 5.97 Å². The first-order chi connectivity index (χ1) is 7.67. The van der Waals surface area contributed by atoms with Gasteiger partial charge in [-0.15, -0.1) is 0 Å². The predicted octanol–water partition coefficient (Wildman–Crippen LogP) is 2.56. The van der Waals surface area contributed by atoms with E-state index >= 15 is 0 Å². The predicted molar refractivity (Wildman–Crippen MR) is 61.9 cm³/mol. The number of carbonyl (C=O) groups is 2. The van der Waals surface area contributed by atoms with Gasteiger partial charge in [0.15, 0.2) is 5.78 Å². The third-order valence-corrected chi connectivity index (χ3v) is 2.59. The third kappa shape index (κ3) is 3.65. The van der Waals surface area contributed by atoms with Crippen molar-refractivity contribution in [2.45, 2.75) is 45.6 Å². The van der Waals surface area contributed by atoms with E-state index in [0.717, 1.165) is 12.0 Å². The summed E-state index contributed by atoms with van der Waals surface area (Å²) in [6.07, 6.45) is 7.73. The molecule has 0 saturated heterocycles. The number of carbonyl (C=O) groups excluding carboxylic acids is 2. The Kier molecular flexibility index (Phi) is 4.96. The highest BCUT2D eigenvalue weighted by molar-refractivity contribution is 6.06. The number of allylic oxidation sites excluding steroid dienone is 3. The lowest BCUT2D eigenvalue weighted by Gasteiger charge is -2.13. The summed E-state index contributed by atoms with van der Waals surface area (Å²) in [7, 11) is 0. The molecule has 1 unspecified atom stereocenters. The lowest BCUT2D eigenvalue weighted by Crippen LogP contribution is -2.16. The molecule has 16 heavy (non-hydrogen) atoms. The van der Waals surface area contributed by atoms with E-state index in [4.69, 9.17) is 4.74 Å². The third-order valence-electron chi connectivity index (χ3n) is 2.59. The van der Waals surface area contributed by atoms with Gasteiger partial charge in [-0.1, -0.05) is 26.0 Å². The van der Waals surface area contributed by atoms with Gasteiger partial charge in [-0.2, -0.15) is 0 Å². The van der Waals surface area contributed by atoms with Crippen molar-refractivity contribution in [1.29, 1.82) is 0 Å². The molecule has 0 aliphatic heterocycles. The molecule has 1 rings (SSSR count). The fourth-order valence-electron chi connectivity index (χ4n) is 1.53. The summed E-state index contributed by atoms with van der Waals surface area (Å²) >= 11 is 0. The minimum absolute atomic E-state index is 0.0803. The molecule has 1 atom stereocenters. The van der Waals surface area contributed by atoms with E-state index in [1.807, 2.05) is 19.1 Å². The van der Waals surface area contributed by atoms with Crippen LogP contribution in [0.25, 0.3) is 0 Å². The second-order valence-electron chi connectivity index (χ2n) is 3.81. The van der Waals surface area contributed by atoms with Gasteiger partial charge in [0.1, 0.15) is 6.10 Å². The van der Waals surface area contributed by atoms with Gasteiger partial charge in [-0.25, -0.2) is 0 Å². The lowest BCUT2D eigenvalue weighted by molar-refractivity contribution is -0.148. The van der Waals surface area contributed by atoms with Gasteiger partial charge in [0.2, 0.25) is 0 Å². The fraction of sp³-hybridized carbons (Fsp3) is 0.538. The summed E-state index contributed by atoms with van der Waals surface area (Å²) in [5, 5.41) is 0. The van der Waals surface area contributed by atoms with Crippen LogP contribution < -0.4 is 0 Å². The molecule has 0 N–H and O–H groups in total. The first-order valence-corrected chi connectivity index (χ1v) is 5.76. The molecule has 0 aromatic carbocycles. The Balaban J connectivity index is 2.45.